The zero-order valence-electron chi connectivity index (χ0n) is 12.8. The molecule has 0 heterocycles. The Morgan fingerprint density at radius 2 is 1.67 bits per heavy atom. The van der Waals surface area contributed by atoms with Crippen molar-refractivity contribution >= 4 is 5.69 Å². The standard InChI is InChI=1S/C18H23FN2/c1-3-12-20-13-15-6-4-5-7-16(15)14-21(2)18-10-8-17(19)9-11-18/h4-11,20H,3,12-14H2,1-2H3. The SMILES string of the molecule is CCCNCc1ccccc1CN(C)c1ccc(F)cc1. The van der Waals surface area contributed by atoms with Gasteiger partial charge in [0.05, 0.1) is 0 Å². The van der Waals surface area contributed by atoms with Gasteiger partial charge >= 0.3 is 0 Å². The van der Waals surface area contributed by atoms with Crippen LogP contribution in [0.25, 0.3) is 0 Å². The number of anilines is 1. The molecule has 2 aromatic rings. The lowest BCUT2D eigenvalue weighted by Gasteiger charge is -2.21. The van der Waals surface area contributed by atoms with Gasteiger partial charge in [0.25, 0.3) is 0 Å². The third-order valence-electron chi connectivity index (χ3n) is 3.54. The normalized spacial score (nSPS) is 10.6. The highest BCUT2D eigenvalue weighted by atomic mass is 19.1. The van der Waals surface area contributed by atoms with Crippen LogP contribution in [0.3, 0.4) is 0 Å². The van der Waals surface area contributed by atoms with E-state index in [9.17, 15) is 4.39 Å². The van der Waals surface area contributed by atoms with Gasteiger partial charge in [-0.25, -0.2) is 4.39 Å². The summed E-state index contributed by atoms with van der Waals surface area (Å²) in [7, 11) is 2.03. The summed E-state index contributed by atoms with van der Waals surface area (Å²) >= 11 is 0. The maximum Gasteiger partial charge on any atom is 0.123 e. The Bertz CT molecular complexity index is 551. The van der Waals surface area contributed by atoms with Gasteiger partial charge in [-0.2, -0.15) is 0 Å². The largest absolute Gasteiger partial charge is 0.370 e. The highest BCUT2D eigenvalue weighted by Crippen LogP contribution is 2.18. The number of benzene rings is 2. The fourth-order valence-electron chi connectivity index (χ4n) is 2.33. The predicted molar refractivity (Wildman–Crippen MR) is 86.9 cm³/mol. The Hall–Kier alpha value is -1.87. The topological polar surface area (TPSA) is 15.3 Å². The summed E-state index contributed by atoms with van der Waals surface area (Å²) in [5.41, 5.74) is 3.64. The lowest BCUT2D eigenvalue weighted by atomic mass is 10.1. The summed E-state index contributed by atoms with van der Waals surface area (Å²) < 4.78 is 13.0. The van der Waals surface area contributed by atoms with Crippen molar-refractivity contribution in [2.75, 3.05) is 18.5 Å². The maximum atomic E-state index is 13.0. The third-order valence-corrected chi connectivity index (χ3v) is 3.54. The van der Waals surface area contributed by atoms with E-state index < -0.39 is 0 Å². The molecule has 0 bridgehead atoms. The molecular weight excluding hydrogens is 263 g/mol. The second-order valence-corrected chi connectivity index (χ2v) is 5.28. The second kappa shape index (κ2) is 7.79. The molecule has 2 nitrogen and oxygen atoms in total. The Balaban J connectivity index is 2.06. The van der Waals surface area contributed by atoms with Crippen molar-refractivity contribution in [1.29, 1.82) is 0 Å². The number of hydrogen-bond donors (Lipinski definition) is 1. The minimum atomic E-state index is -0.198. The molecule has 2 rings (SSSR count). The van der Waals surface area contributed by atoms with Crippen LogP contribution in [0.15, 0.2) is 48.5 Å². The Kier molecular flexibility index (Phi) is 5.76. The molecule has 0 fully saturated rings. The van der Waals surface area contributed by atoms with Crippen LogP contribution < -0.4 is 10.2 Å². The van der Waals surface area contributed by atoms with Crippen molar-refractivity contribution in [3.8, 4) is 0 Å². The molecule has 21 heavy (non-hydrogen) atoms. The van der Waals surface area contributed by atoms with Crippen LogP contribution >= 0.6 is 0 Å². The first-order chi connectivity index (χ1) is 10.2. The van der Waals surface area contributed by atoms with Gasteiger partial charge in [0.15, 0.2) is 0 Å². The van der Waals surface area contributed by atoms with Gasteiger partial charge in [-0.05, 0) is 48.4 Å². The monoisotopic (exact) mass is 286 g/mol. The fourth-order valence-corrected chi connectivity index (χ4v) is 2.33. The Labute approximate surface area is 126 Å². The first-order valence-electron chi connectivity index (χ1n) is 7.45. The van der Waals surface area contributed by atoms with Crippen LogP contribution in [-0.2, 0) is 13.1 Å². The highest BCUT2D eigenvalue weighted by molar-refractivity contribution is 5.46. The summed E-state index contributed by atoms with van der Waals surface area (Å²) in [5.74, 6) is -0.198. The number of hydrogen-bond acceptors (Lipinski definition) is 2. The van der Waals surface area contributed by atoms with E-state index in [2.05, 4.69) is 41.4 Å². The van der Waals surface area contributed by atoms with Gasteiger partial charge < -0.3 is 10.2 Å². The average molecular weight is 286 g/mol. The van der Waals surface area contributed by atoms with E-state index in [0.717, 1.165) is 31.7 Å². The number of nitrogens with one attached hydrogen (secondary N) is 1. The van der Waals surface area contributed by atoms with E-state index >= 15 is 0 Å². The van der Waals surface area contributed by atoms with Gasteiger partial charge in [-0.3, -0.25) is 0 Å². The van der Waals surface area contributed by atoms with Crippen molar-refractivity contribution in [1.82, 2.24) is 5.32 Å². The van der Waals surface area contributed by atoms with Gasteiger partial charge in [0.2, 0.25) is 0 Å². The van der Waals surface area contributed by atoms with E-state index in [1.807, 2.05) is 19.2 Å². The van der Waals surface area contributed by atoms with Crippen LogP contribution in [0.2, 0.25) is 0 Å². The molecule has 0 radical (unpaired) electrons. The van der Waals surface area contributed by atoms with E-state index in [0.29, 0.717) is 0 Å². The van der Waals surface area contributed by atoms with Crippen molar-refractivity contribution in [2.24, 2.45) is 0 Å². The molecule has 3 heteroatoms. The van der Waals surface area contributed by atoms with Gasteiger partial charge in [-0.1, -0.05) is 31.2 Å². The zero-order chi connectivity index (χ0) is 15.1. The van der Waals surface area contributed by atoms with E-state index in [1.165, 1.54) is 23.3 Å². The molecule has 0 amide bonds. The van der Waals surface area contributed by atoms with Crippen LogP contribution in [0.4, 0.5) is 10.1 Å². The molecule has 2 aromatic carbocycles. The van der Waals surface area contributed by atoms with Crippen LogP contribution in [0, 0.1) is 5.82 Å². The molecule has 1 N–H and O–H groups in total. The molecule has 0 saturated heterocycles. The van der Waals surface area contributed by atoms with Crippen molar-refractivity contribution in [3.63, 3.8) is 0 Å². The van der Waals surface area contributed by atoms with Gasteiger partial charge in [0, 0.05) is 25.8 Å². The van der Waals surface area contributed by atoms with Crippen LogP contribution in [0.5, 0.6) is 0 Å². The average Bonchev–Trinajstić information content (AvgIpc) is 2.50. The molecule has 0 spiro atoms. The van der Waals surface area contributed by atoms with Crippen molar-refractivity contribution in [2.45, 2.75) is 26.4 Å². The number of halogens is 1. The number of nitrogens with zero attached hydrogens (tertiary/aromatic N) is 1. The Morgan fingerprint density at radius 1 is 1.00 bits per heavy atom. The minimum Gasteiger partial charge on any atom is -0.370 e. The minimum absolute atomic E-state index is 0.198. The molecule has 0 atom stereocenters. The lowest BCUT2D eigenvalue weighted by molar-refractivity contribution is 0.627. The summed E-state index contributed by atoms with van der Waals surface area (Å²) in [6.45, 7) is 4.90. The summed E-state index contributed by atoms with van der Waals surface area (Å²) in [6, 6.07) is 15.1. The highest BCUT2D eigenvalue weighted by Gasteiger charge is 2.06. The molecule has 0 unspecified atom stereocenters. The molecule has 112 valence electrons. The number of rotatable bonds is 7. The van der Waals surface area contributed by atoms with E-state index in [4.69, 9.17) is 0 Å². The zero-order valence-corrected chi connectivity index (χ0v) is 12.8. The van der Waals surface area contributed by atoms with Crippen molar-refractivity contribution in [3.05, 3.63) is 65.5 Å². The lowest BCUT2D eigenvalue weighted by Crippen LogP contribution is -2.20. The molecule has 0 aliphatic rings. The Morgan fingerprint density at radius 3 is 2.33 bits per heavy atom. The van der Waals surface area contributed by atoms with E-state index in [1.54, 1.807) is 0 Å². The molecule has 0 aliphatic carbocycles. The van der Waals surface area contributed by atoms with Crippen LogP contribution in [-0.4, -0.2) is 13.6 Å². The van der Waals surface area contributed by atoms with Gasteiger partial charge in [-0.15, -0.1) is 0 Å². The maximum absolute atomic E-state index is 13.0. The second-order valence-electron chi connectivity index (χ2n) is 5.28. The molecule has 0 aromatic heterocycles. The summed E-state index contributed by atoms with van der Waals surface area (Å²) in [4.78, 5) is 2.14. The molecule has 0 saturated carbocycles. The third kappa shape index (κ3) is 4.57. The van der Waals surface area contributed by atoms with Gasteiger partial charge in [0.1, 0.15) is 5.82 Å². The first-order valence-corrected chi connectivity index (χ1v) is 7.45. The molecular formula is C18H23FN2. The summed E-state index contributed by atoms with van der Waals surface area (Å²) in [6.07, 6.45) is 1.14. The van der Waals surface area contributed by atoms with Crippen molar-refractivity contribution < 1.29 is 4.39 Å². The summed E-state index contributed by atoms with van der Waals surface area (Å²) in [5, 5.41) is 3.44. The quantitative estimate of drug-likeness (QED) is 0.775. The first kappa shape index (κ1) is 15.5. The smallest absolute Gasteiger partial charge is 0.123 e. The van der Waals surface area contributed by atoms with Crippen LogP contribution in [0.1, 0.15) is 24.5 Å². The van der Waals surface area contributed by atoms with E-state index in [-0.39, 0.29) is 5.82 Å². The predicted octanol–water partition coefficient (Wildman–Crippen LogP) is 3.96. The molecule has 0 aliphatic heterocycles. The fraction of sp³-hybridized carbons (Fsp3) is 0.333.